The second-order valence-corrected chi connectivity index (χ2v) is 7.25. The molecule has 6 nitrogen and oxygen atoms in total. The van der Waals surface area contributed by atoms with E-state index in [2.05, 4.69) is 15.2 Å². The van der Waals surface area contributed by atoms with Crippen molar-refractivity contribution in [2.75, 3.05) is 18.0 Å². The Balaban J connectivity index is 1.67. The van der Waals surface area contributed by atoms with Gasteiger partial charge in [0.25, 0.3) is 6.01 Å². The lowest BCUT2D eigenvalue weighted by atomic mass is 10.1. The third-order valence-electron chi connectivity index (χ3n) is 4.28. The number of anilines is 1. The minimum absolute atomic E-state index is 0.0991. The quantitative estimate of drug-likeness (QED) is 0.879. The molecule has 1 aliphatic heterocycles. The van der Waals surface area contributed by atoms with Crippen LogP contribution >= 0.6 is 0 Å². The summed E-state index contributed by atoms with van der Waals surface area (Å²) in [6.45, 7) is 6.71. The molecular weight excluding hydrogens is 306 g/mol. The highest BCUT2D eigenvalue weighted by molar-refractivity contribution is 5.77. The lowest BCUT2D eigenvalue weighted by molar-refractivity contribution is -0.124. The van der Waals surface area contributed by atoms with Crippen molar-refractivity contribution in [2.45, 2.75) is 51.7 Å². The third-order valence-corrected chi connectivity index (χ3v) is 4.28. The number of aliphatic hydroxyl groups is 1. The number of aromatic nitrogens is 1. The Labute approximate surface area is 141 Å². The number of carbonyl (C=O) groups is 1. The van der Waals surface area contributed by atoms with E-state index in [1.54, 1.807) is 13.8 Å². The molecular formula is C18H25N3O3. The van der Waals surface area contributed by atoms with Crippen molar-refractivity contribution in [1.82, 2.24) is 10.3 Å². The minimum atomic E-state index is -0.988. The fourth-order valence-electron chi connectivity index (χ4n) is 3.13. The summed E-state index contributed by atoms with van der Waals surface area (Å²) in [6, 6.07) is 6.76. The zero-order chi connectivity index (χ0) is 17.3. The van der Waals surface area contributed by atoms with Gasteiger partial charge in [-0.3, -0.25) is 4.79 Å². The van der Waals surface area contributed by atoms with Gasteiger partial charge in [-0.05, 0) is 51.3 Å². The molecule has 1 unspecified atom stereocenters. The van der Waals surface area contributed by atoms with Gasteiger partial charge in [0.2, 0.25) is 5.91 Å². The zero-order valence-electron chi connectivity index (χ0n) is 14.5. The number of oxazole rings is 1. The van der Waals surface area contributed by atoms with E-state index in [4.69, 9.17) is 4.42 Å². The number of fused-ring (bicyclic) bond motifs is 1. The van der Waals surface area contributed by atoms with Gasteiger partial charge in [-0.25, -0.2) is 0 Å². The summed E-state index contributed by atoms with van der Waals surface area (Å²) in [4.78, 5) is 18.6. The largest absolute Gasteiger partial charge is 0.423 e. The van der Waals surface area contributed by atoms with E-state index >= 15 is 0 Å². The highest BCUT2D eigenvalue weighted by atomic mass is 16.4. The van der Waals surface area contributed by atoms with Crippen molar-refractivity contribution in [3.63, 3.8) is 0 Å². The Hall–Kier alpha value is -2.08. The SMILES string of the molecule is Cc1ccc2oc(N3CCCC3CNC(=O)CC(C)(C)O)nc2c1. The molecule has 0 bridgehead atoms. The van der Waals surface area contributed by atoms with Gasteiger partial charge in [-0.15, -0.1) is 0 Å². The normalized spacial score (nSPS) is 18.3. The molecule has 1 atom stereocenters. The fourth-order valence-corrected chi connectivity index (χ4v) is 3.13. The van der Waals surface area contributed by atoms with E-state index in [9.17, 15) is 9.90 Å². The summed E-state index contributed by atoms with van der Waals surface area (Å²) < 4.78 is 5.89. The van der Waals surface area contributed by atoms with Crippen LogP contribution in [0, 0.1) is 6.92 Å². The van der Waals surface area contributed by atoms with Gasteiger partial charge in [-0.2, -0.15) is 4.98 Å². The molecule has 2 heterocycles. The number of aryl methyl sites for hydroxylation is 1. The highest BCUT2D eigenvalue weighted by Crippen LogP contribution is 2.28. The molecule has 130 valence electrons. The Kier molecular flexibility index (Phi) is 4.49. The van der Waals surface area contributed by atoms with Crippen molar-refractivity contribution in [2.24, 2.45) is 0 Å². The summed E-state index contributed by atoms with van der Waals surface area (Å²) in [5.74, 6) is -0.137. The van der Waals surface area contributed by atoms with Gasteiger partial charge >= 0.3 is 0 Å². The molecule has 6 heteroatoms. The number of nitrogens with zero attached hydrogens (tertiary/aromatic N) is 2. The summed E-state index contributed by atoms with van der Waals surface area (Å²) in [5.41, 5.74) is 1.81. The van der Waals surface area contributed by atoms with E-state index in [1.807, 2.05) is 25.1 Å². The van der Waals surface area contributed by atoms with Crippen molar-refractivity contribution < 1.29 is 14.3 Å². The van der Waals surface area contributed by atoms with Crippen molar-refractivity contribution >= 4 is 23.0 Å². The number of rotatable bonds is 5. The molecule has 0 aliphatic carbocycles. The van der Waals surface area contributed by atoms with Crippen molar-refractivity contribution in [3.8, 4) is 0 Å². The minimum Gasteiger partial charge on any atom is -0.423 e. The first kappa shape index (κ1) is 16.8. The van der Waals surface area contributed by atoms with Gasteiger partial charge in [-0.1, -0.05) is 6.07 Å². The van der Waals surface area contributed by atoms with Crippen LogP contribution in [0.3, 0.4) is 0 Å². The maximum Gasteiger partial charge on any atom is 0.298 e. The highest BCUT2D eigenvalue weighted by Gasteiger charge is 2.29. The van der Waals surface area contributed by atoms with Crippen LogP contribution in [0.1, 0.15) is 38.7 Å². The molecule has 1 aromatic carbocycles. The lowest BCUT2D eigenvalue weighted by Crippen LogP contribution is -2.42. The van der Waals surface area contributed by atoms with Gasteiger partial charge in [0.15, 0.2) is 5.58 Å². The Morgan fingerprint density at radius 1 is 1.50 bits per heavy atom. The number of benzene rings is 1. The van der Waals surface area contributed by atoms with E-state index < -0.39 is 5.60 Å². The average molecular weight is 331 g/mol. The Morgan fingerprint density at radius 3 is 3.04 bits per heavy atom. The number of nitrogens with one attached hydrogen (secondary N) is 1. The van der Waals surface area contributed by atoms with E-state index in [1.165, 1.54) is 0 Å². The van der Waals surface area contributed by atoms with E-state index in [-0.39, 0.29) is 18.4 Å². The molecule has 2 aromatic rings. The monoisotopic (exact) mass is 331 g/mol. The zero-order valence-corrected chi connectivity index (χ0v) is 14.5. The topological polar surface area (TPSA) is 78.6 Å². The first-order chi connectivity index (χ1) is 11.3. The van der Waals surface area contributed by atoms with Gasteiger partial charge < -0.3 is 19.7 Å². The van der Waals surface area contributed by atoms with Crippen LogP contribution in [0.25, 0.3) is 11.1 Å². The van der Waals surface area contributed by atoms with Crippen LogP contribution in [0.5, 0.6) is 0 Å². The first-order valence-electron chi connectivity index (χ1n) is 8.45. The van der Waals surface area contributed by atoms with Crippen LogP contribution in [0.4, 0.5) is 6.01 Å². The molecule has 1 amide bonds. The molecule has 24 heavy (non-hydrogen) atoms. The molecule has 0 saturated carbocycles. The smallest absolute Gasteiger partial charge is 0.298 e. The summed E-state index contributed by atoms with van der Waals surface area (Å²) in [5, 5.41) is 12.6. The second-order valence-electron chi connectivity index (χ2n) is 7.25. The summed E-state index contributed by atoms with van der Waals surface area (Å²) >= 11 is 0. The maximum absolute atomic E-state index is 11.9. The number of amides is 1. The molecule has 2 N–H and O–H groups in total. The van der Waals surface area contributed by atoms with Crippen LogP contribution in [0.15, 0.2) is 22.6 Å². The van der Waals surface area contributed by atoms with Crippen molar-refractivity contribution in [1.29, 1.82) is 0 Å². The predicted octanol–water partition coefficient (Wildman–Crippen LogP) is 2.38. The van der Waals surface area contributed by atoms with Crippen LogP contribution in [0.2, 0.25) is 0 Å². The van der Waals surface area contributed by atoms with Gasteiger partial charge in [0, 0.05) is 13.1 Å². The molecule has 3 rings (SSSR count). The maximum atomic E-state index is 11.9. The summed E-state index contributed by atoms with van der Waals surface area (Å²) in [7, 11) is 0. The van der Waals surface area contributed by atoms with Crippen LogP contribution < -0.4 is 10.2 Å². The van der Waals surface area contributed by atoms with Gasteiger partial charge in [0.05, 0.1) is 18.1 Å². The van der Waals surface area contributed by atoms with E-state index in [0.29, 0.717) is 12.6 Å². The standard InChI is InChI=1S/C18H25N3O3/c1-12-6-7-15-14(9-12)20-17(24-15)21-8-4-5-13(21)11-19-16(22)10-18(2,3)23/h6-7,9,13,23H,4-5,8,10-11H2,1-3H3,(H,19,22). The Bertz CT molecular complexity index is 733. The van der Waals surface area contributed by atoms with Crippen LogP contribution in [-0.2, 0) is 4.79 Å². The fraction of sp³-hybridized carbons (Fsp3) is 0.556. The molecule has 0 radical (unpaired) electrons. The molecule has 1 aliphatic rings. The second kappa shape index (κ2) is 6.43. The number of carbonyl (C=O) groups excluding carboxylic acids is 1. The molecule has 1 saturated heterocycles. The predicted molar refractivity (Wildman–Crippen MR) is 93.0 cm³/mol. The number of hydrogen-bond acceptors (Lipinski definition) is 5. The molecule has 0 spiro atoms. The number of hydrogen-bond donors (Lipinski definition) is 2. The third kappa shape index (κ3) is 3.87. The van der Waals surface area contributed by atoms with Crippen LogP contribution in [-0.4, -0.2) is 40.7 Å². The van der Waals surface area contributed by atoms with E-state index in [0.717, 1.165) is 36.0 Å². The molecule has 1 fully saturated rings. The Morgan fingerprint density at radius 2 is 2.29 bits per heavy atom. The lowest BCUT2D eigenvalue weighted by Gasteiger charge is -2.24. The average Bonchev–Trinajstić information content (AvgIpc) is 3.08. The first-order valence-corrected chi connectivity index (χ1v) is 8.45. The van der Waals surface area contributed by atoms with Gasteiger partial charge in [0.1, 0.15) is 5.52 Å². The molecule has 1 aromatic heterocycles. The van der Waals surface area contributed by atoms with Crippen molar-refractivity contribution in [3.05, 3.63) is 23.8 Å². The summed E-state index contributed by atoms with van der Waals surface area (Å²) in [6.07, 6.45) is 2.13.